The van der Waals surface area contributed by atoms with Gasteiger partial charge >= 0.3 is 5.69 Å². The van der Waals surface area contributed by atoms with Crippen LogP contribution in [0, 0.1) is 10.1 Å². The van der Waals surface area contributed by atoms with E-state index >= 15 is 0 Å². The molecule has 0 aromatic heterocycles. The van der Waals surface area contributed by atoms with Gasteiger partial charge in [0.2, 0.25) is 0 Å². The van der Waals surface area contributed by atoms with Gasteiger partial charge < -0.3 is 5.11 Å². The Morgan fingerprint density at radius 2 is 1.86 bits per heavy atom. The number of rotatable bonds is 3. The number of carbonyl (C=O) groups is 1. The van der Waals surface area contributed by atoms with Gasteiger partial charge in [-0.05, 0) is 29.2 Å². The Labute approximate surface area is 169 Å². The molecular weight excluding hydrogens is 396 g/mol. The van der Waals surface area contributed by atoms with Crippen LogP contribution >= 0.6 is 24.0 Å². The van der Waals surface area contributed by atoms with E-state index in [1.165, 1.54) is 29.2 Å². The minimum absolute atomic E-state index is 0.290. The zero-order chi connectivity index (χ0) is 19.8. The quantitative estimate of drug-likeness (QED) is 0.288. The van der Waals surface area contributed by atoms with Crippen LogP contribution in [0.2, 0.25) is 0 Å². The van der Waals surface area contributed by atoms with Crippen molar-refractivity contribution in [1.82, 2.24) is 0 Å². The lowest BCUT2D eigenvalue weighted by molar-refractivity contribution is -0.385. The first-order valence-electron chi connectivity index (χ1n) is 8.19. The van der Waals surface area contributed by atoms with Crippen molar-refractivity contribution in [2.75, 3.05) is 4.90 Å². The highest BCUT2D eigenvalue weighted by molar-refractivity contribution is 8.27. The molecule has 0 atom stereocenters. The summed E-state index contributed by atoms with van der Waals surface area (Å²) in [6, 6.07) is 17.3. The van der Waals surface area contributed by atoms with Crippen LogP contribution in [-0.4, -0.2) is 20.3 Å². The Kier molecular flexibility index (Phi) is 4.58. The minimum atomic E-state index is -0.673. The van der Waals surface area contributed by atoms with E-state index in [4.69, 9.17) is 12.2 Å². The maximum atomic E-state index is 13.0. The molecule has 0 spiro atoms. The second kappa shape index (κ2) is 7.06. The van der Waals surface area contributed by atoms with Gasteiger partial charge in [0.25, 0.3) is 5.91 Å². The maximum Gasteiger partial charge on any atom is 0.311 e. The molecule has 1 aliphatic heterocycles. The van der Waals surface area contributed by atoms with E-state index < -0.39 is 16.4 Å². The zero-order valence-electron chi connectivity index (χ0n) is 14.2. The number of nitro groups is 1. The lowest BCUT2D eigenvalue weighted by atomic mass is 10.1. The number of hydrogen-bond donors (Lipinski definition) is 1. The topological polar surface area (TPSA) is 83.7 Å². The van der Waals surface area contributed by atoms with Gasteiger partial charge in [0.05, 0.1) is 15.5 Å². The summed E-state index contributed by atoms with van der Waals surface area (Å²) in [6.07, 6.45) is 1.54. The number of hydrogen-bond acceptors (Lipinski definition) is 6. The molecule has 0 radical (unpaired) electrons. The Bertz CT molecular complexity index is 1180. The van der Waals surface area contributed by atoms with Crippen LogP contribution in [-0.2, 0) is 4.79 Å². The molecule has 1 aliphatic rings. The Hall–Kier alpha value is -3.23. The van der Waals surface area contributed by atoms with Crippen molar-refractivity contribution < 1.29 is 14.8 Å². The summed E-state index contributed by atoms with van der Waals surface area (Å²) in [7, 11) is 0. The molecule has 0 aliphatic carbocycles. The molecule has 4 rings (SSSR count). The molecule has 6 nitrogen and oxygen atoms in total. The van der Waals surface area contributed by atoms with Crippen LogP contribution in [0.4, 0.5) is 11.4 Å². The van der Waals surface area contributed by atoms with Crippen molar-refractivity contribution in [3.63, 3.8) is 0 Å². The highest BCUT2D eigenvalue weighted by Crippen LogP contribution is 2.39. The molecule has 1 fully saturated rings. The number of carbonyl (C=O) groups excluding carboxylic acids is 1. The van der Waals surface area contributed by atoms with Gasteiger partial charge in [-0.2, -0.15) is 0 Å². The van der Waals surface area contributed by atoms with Crippen molar-refractivity contribution in [1.29, 1.82) is 0 Å². The van der Waals surface area contributed by atoms with Crippen molar-refractivity contribution >= 4 is 62.4 Å². The molecule has 3 aromatic rings. The molecule has 28 heavy (non-hydrogen) atoms. The smallest absolute Gasteiger partial charge is 0.311 e. The standard InChI is InChI=1S/C20H12N2O4S2/c23-17-9-8-12(10-16(17)22(25)26)11-18-19(24)21(20(27)28-18)15-7-3-5-13-4-1-2-6-14(13)15/h1-11,23H/b18-11+. The summed E-state index contributed by atoms with van der Waals surface area (Å²) in [5.74, 6) is -0.715. The van der Waals surface area contributed by atoms with Gasteiger partial charge in [0.1, 0.15) is 0 Å². The van der Waals surface area contributed by atoms with Crippen LogP contribution in [0.1, 0.15) is 5.56 Å². The highest BCUT2D eigenvalue weighted by Gasteiger charge is 2.34. The molecule has 0 saturated carbocycles. The predicted octanol–water partition coefficient (Wildman–Crippen LogP) is 4.86. The van der Waals surface area contributed by atoms with Crippen LogP contribution in [0.25, 0.3) is 16.8 Å². The average molecular weight is 408 g/mol. The number of fused-ring (bicyclic) bond motifs is 1. The van der Waals surface area contributed by atoms with Crippen LogP contribution in [0.3, 0.4) is 0 Å². The fourth-order valence-electron chi connectivity index (χ4n) is 3.01. The summed E-state index contributed by atoms with van der Waals surface area (Å²) in [4.78, 5) is 25.2. The zero-order valence-corrected chi connectivity index (χ0v) is 15.9. The van der Waals surface area contributed by atoms with Crippen molar-refractivity contribution in [3.8, 4) is 5.75 Å². The summed E-state index contributed by atoms with van der Waals surface area (Å²) < 4.78 is 0.390. The molecule has 3 aromatic carbocycles. The lowest BCUT2D eigenvalue weighted by Crippen LogP contribution is -2.27. The molecule has 138 valence electrons. The number of nitrogens with zero attached hydrogens (tertiary/aromatic N) is 2. The Morgan fingerprint density at radius 3 is 2.64 bits per heavy atom. The SMILES string of the molecule is O=C1/C(=C\c2ccc(O)c([N+](=O)[O-])c2)SC(=S)N1c1cccc2ccccc12. The summed E-state index contributed by atoms with van der Waals surface area (Å²) in [5, 5.41) is 22.5. The van der Waals surface area contributed by atoms with Crippen LogP contribution in [0.15, 0.2) is 65.6 Å². The normalized spacial score (nSPS) is 15.6. The number of anilines is 1. The second-order valence-electron chi connectivity index (χ2n) is 6.02. The number of aromatic hydroxyl groups is 1. The van der Waals surface area contributed by atoms with Crippen molar-refractivity contribution in [3.05, 3.63) is 81.2 Å². The number of thiocarbonyl (C=S) groups is 1. The monoisotopic (exact) mass is 408 g/mol. The second-order valence-corrected chi connectivity index (χ2v) is 7.70. The van der Waals surface area contributed by atoms with Gasteiger partial charge in [-0.25, -0.2) is 0 Å². The van der Waals surface area contributed by atoms with E-state index in [9.17, 15) is 20.0 Å². The largest absolute Gasteiger partial charge is 0.502 e. The first-order valence-corrected chi connectivity index (χ1v) is 9.41. The molecule has 1 saturated heterocycles. The molecule has 1 N–H and O–H groups in total. The molecule has 1 heterocycles. The first kappa shape index (κ1) is 18.1. The molecular formula is C20H12N2O4S2. The summed E-state index contributed by atoms with van der Waals surface area (Å²) in [6.45, 7) is 0. The number of amides is 1. The third-order valence-corrected chi connectivity index (χ3v) is 5.60. The number of phenolic OH excluding ortho intramolecular Hbond substituents is 1. The van der Waals surface area contributed by atoms with Gasteiger partial charge in [0.15, 0.2) is 10.1 Å². The fraction of sp³-hybridized carbons (Fsp3) is 0. The van der Waals surface area contributed by atoms with Gasteiger partial charge in [-0.3, -0.25) is 19.8 Å². The number of nitro benzene ring substituents is 1. The predicted molar refractivity (Wildman–Crippen MR) is 114 cm³/mol. The Balaban J connectivity index is 1.75. The van der Waals surface area contributed by atoms with Gasteiger partial charge in [-0.15, -0.1) is 0 Å². The maximum absolute atomic E-state index is 13.0. The van der Waals surface area contributed by atoms with E-state index in [0.29, 0.717) is 20.5 Å². The molecule has 8 heteroatoms. The first-order chi connectivity index (χ1) is 13.5. The van der Waals surface area contributed by atoms with Gasteiger partial charge in [0, 0.05) is 11.5 Å². The number of thioether (sulfide) groups is 1. The Morgan fingerprint density at radius 1 is 1.11 bits per heavy atom. The lowest BCUT2D eigenvalue weighted by Gasteiger charge is -2.17. The van der Waals surface area contributed by atoms with E-state index in [1.807, 2.05) is 42.5 Å². The summed E-state index contributed by atoms with van der Waals surface area (Å²) >= 11 is 6.56. The molecule has 0 unspecified atom stereocenters. The van der Waals surface area contributed by atoms with E-state index in [1.54, 1.807) is 0 Å². The minimum Gasteiger partial charge on any atom is -0.502 e. The van der Waals surface area contributed by atoms with Crippen LogP contribution < -0.4 is 4.90 Å². The van der Waals surface area contributed by atoms with E-state index in [2.05, 4.69) is 0 Å². The number of benzene rings is 3. The third kappa shape index (κ3) is 3.12. The van der Waals surface area contributed by atoms with Crippen molar-refractivity contribution in [2.45, 2.75) is 0 Å². The molecule has 0 bridgehead atoms. The third-order valence-electron chi connectivity index (χ3n) is 4.30. The average Bonchev–Trinajstić information content (AvgIpc) is 2.96. The number of phenols is 1. The van der Waals surface area contributed by atoms with E-state index in [0.717, 1.165) is 22.5 Å². The van der Waals surface area contributed by atoms with Crippen molar-refractivity contribution in [2.24, 2.45) is 0 Å². The fourth-order valence-corrected chi connectivity index (χ4v) is 4.29. The highest BCUT2D eigenvalue weighted by atomic mass is 32.2. The molecule has 1 amide bonds. The van der Waals surface area contributed by atoms with Crippen LogP contribution in [0.5, 0.6) is 5.75 Å². The van der Waals surface area contributed by atoms with Gasteiger partial charge in [-0.1, -0.05) is 66.4 Å². The summed E-state index contributed by atoms with van der Waals surface area (Å²) in [5.41, 5.74) is 0.710. The van der Waals surface area contributed by atoms with E-state index in [-0.39, 0.29) is 5.91 Å².